The second-order valence-corrected chi connectivity index (χ2v) is 5.22. The molecule has 25 heavy (non-hydrogen) atoms. The van der Waals surface area contributed by atoms with Gasteiger partial charge in [-0.25, -0.2) is 4.85 Å². The minimum Gasteiger partial charge on any atom is -0.457 e. The van der Waals surface area contributed by atoms with Crippen molar-refractivity contribution in [3.63, 3.8) is 0 Å². The topological polar surface area (TPSA) is 61.2 Å². The quantitative estimate of drug-likeness (QED) is 0.603. The third-order valence-corrected chi connectivity index (χ3v) is 3.65. The Morgan fingerprint density at radius 3 is 1.84 bits per heavy atom. The average molecular weight is 321 g/mol. The van der Waals surface area contributed by atoms with E-state index in [1.165, 1.54) is 0 Å². The summed E-state index contributed by atoms with van der Waals surface area (Å²) in [6.45, 7) is 6.98. The highest BCUT2D eigenvalue weighted by atomic mass is 16.5. The van der Waals surface area contributed by atoms with E-state index in [-0.39, 0.29) is 5.56 Å². The van der Waals surface area contributed by atoms with E-state index in [1.54, 1.807) is 30.3 Å². The second kappa shape index (κ2) is 7.01. The fourth-order valence-corrected chi connectivity index (χ4v) is 2.36. The van der Waals surface area contributed by atoms with Gasteiger partial charge in [0.05, 0.1) is 17.7 Å². The van der Waals surface area contributed by atoms with E-state index in [0.717, 1.165) is 11.1 Å². The zero-order valence-corrected chi connectivity index (χ0v) is 13.1. The molecule has 0 bridgehead atoms. The molecule has 0 amide bonds. The molecule has 0 aliphatic carbocycles. The highest BCUT2D eigenvalue weighted by Crippen LogP contribution is 2.28. The molecule has 0 aliphatic rings. The van der Waals surface area contributed by atoms with Crippen LogP contribution < -0.4 is 4.74 Å². The Balaban J connectivity index is 1.80. The van der Waals surface area contributed by atoms with E-state index >= 15 is 0 Å². The lowest BCUT2D eigenvalue weighted by Gasteiger charge is -2.08. The summed E-state index contributed by atoms with van der Waals surface area (Å²) in [6, 6.07) is 23.7. The molecular weight excluding hydrogens is 310 g/mol. The number of benzene rings is 3. The second-order valence-electron chi connectivity index (χ2n) is 5.22. The molecule has 0 aliphatic heterocycles. The predicted molar refractivity (Wildman–Crippen MR) is 94.1 cm³/mol. The average Bonchev–Trinajstić information content (AvgIpc) is 2.68. The molecule has 0 saturated carbocycles. The number of rotatable bonds is 3. The third kappa shape index (κ3) is 3.48. The first-order chi connectivity index (χ1) is 12.2. The lowest BCUT2D eigenvalue weighted by atomic mass is 10.1. The summed E-state index contributed by atoms with van der Waals surface area (Å²) >= 11 is 0. The van der Waals surface area contributed by atoms with Crippen LogP contribution in [0.5, 0.6) is 11.5 Å². The molecule has 3 aromatic rings. The van der Waals surface area contributed by atoms with Crippen LogP contribution in [0.1, 0.15) is 11.1 Å². The number of nitriles is 2. The van der Waals surface area contributed by atoms with Crippen LogP contribution in [0.15, 0.2) is 66.7 Å². The van der Waals surface area contributed by atoms with E-state index < -0.39 is 0 Å². The Kier molecular flexibility index (Phi) is 4.43. The summed E-state index contributed by atoms with van der Waals surface area (Å²) in [5.41, 5.74) is 3.26. The Morgan fingerprint density at radius 2 is 1.28 bits per heavy atom. The van der Waals surface area contributed by atoms with Gasteiger partial charge < -0.3 is 4.74 Å². The molecule has 4 heteroatoms. The number of nitrogens with zero attached hydrogens (tertiary/aromatic N) is 3. The largest absolute Gasteiger partial charge is 0.457 e. The first-order valence-electron chi connectivity index (χ1n) is 7.43. The lowest BCUT2D eigenvalue weighted by molar-refractivity contribution is 0.482. The first-order valence-corrected chi connectivity index (χ1v) is 7.43. The van der Waals surface area contributed by atoms with Gasteiger partial charge in [0.1, 0.15) is 23.6 Å². The Morgan fingerprint density at radius 1 is 0.720 bits per heavy atom. The molecule has 0 unspecified atom stereocenters. The van der Waals surface area contributed by atoms with Gasteiger partial charge in [-0.3, -0.25) is 0 Å². The van der Waals surface area contributed by atoms with Crippen molar-refractivity contribution in [1.82, 2.24) is 0 Å². The zero-order valence-electron chi connectivity index (χ0n) is 13.1. The maximum Gasteiger partial charge on any atom is 0.187 e. The van der Waals surface area contributed by atoms with Gasteiger partial charge in [0, 0.05) is 0 Å². The molecule has 0 aromatic heterocycles. The van der Waals surface area contributed by atoms with Crippen molar-refractivity contribution in [3.8, 4) is 34.8 Å². The molecule has 4 nitrogen and oxygen atoms in total. The molecule has 0 N–H and O–H groups in total. The van der Waals surface area contributed by atoms with Gasteiger partial charge in [-0.05, 0) is 41.5 Å². The Labute approximate surface area is 145 Å². The van der Waals surface area contributed by atoms with Crippen LogP contribution in [-0.2, 0) is 0 Å². The molecule has 0 heterocycles. The maximum atomic E-state index is 9.06. The van der Waals surface area contributed by atoms with Gasteiger partial charge in [-0.1, -0.05) is 36.4 Å². The van der Waals surface area contributed by atoms with Crippen LogP contribution >= 0.6 is 0 Å². The van der Waals surface area contributed by atoms with Crippen molar-refractivity contribution in [2.45, 2.75) is 0 Å². The van der Waals surface area contributed by atoms with E-state index in [9.17, 15) is 0 Å². The molecule has 3 aromatic carbocycles. The third-order valence-electron chi connectivity index (χ3n) is 3.65. The van der Waals surface area contributed by atoms with Gasteiger partial charge in [0.25, 0.3) is 0 Å². The van der Waals surface area contributed by atoms with Crippen LogP contribution in [0, 0.1) is 29.2 Å². The molecule has 3 rings (SSSR count). The van der Waals surface area contributed by atoms with Crippen LogP contribution in [0.2, 0.25) is 0 Å². The van der Waals surface area contributed by atoms with Crippen molar-refractivity contribution in [2.75, 3.05) is 0 Å². The highest BCUT2D eigenvalue weighted by Gasteiger charge is 2.05. The van der Waals surface area contributed by atoms with Gasteiger partial charge in [0.15, 0.2) is 5.69 Å². The van der Waals surface area contributed by atoms with E-state index in [4.69, 9.17) is 21.8 Å². The van der Waals surface area contributed by atoms with E-state index in [0.29, 0.717) is 22.7 Å². The molecule has 116 valence electrons. The van der Waals surface area contributed by atoms with Gasteiger partial charge in [-0.15, -0.1) is 0 Å². The Hall–Kier alpha value is -4.07. The van der Waals surface area contributed by atoms with E-state index in [2.05, 4.69) is 4.85 Å². The van der Waals surface area contributed by atoms with Gasteiger partial charge in [-0.2, -0.15) is 10.5 Å². The van der Waals surface area contributed by atoms with Crippen molar-refractivity contribution >= 4 is 5.69 Å². The smallest absolute Gasteiger partial charge is 0.187 e. The number of hydrogen-bond acceptors (Lipinski definition) is 3. The molecule has 0 radical (unpaired) electrons. The van der Waals surface area contributed by atoms with Crippen LogP contribution in [0.4, 0.5) is 5.69 Å². The number of ether oxygens (including phenoxy) is 1. The zero-order chi connectivity index (χ0) is 17.6. The Bertz CT molecular complexity index is 1030. The lowest BCUT2D eigenvalue weighted by Crippen LogP contribution is -1.88. The minimum atomic E-state index is 0.288. The van der Waals surface area contributed by atoms with Crippen LogP contribution in [0.25, 0.3) is 16.0 Å². The SMILES string of the molecule is [C-]#[N+]c1ccc(-c2ccc(Oc3ccc(C#N)c(C#N)c3)cc2)cc1. The summed E-state index contributed by atoms with van der Waals surface area (Å²) < 4.78 is 5.75. The summed E-state index contributed by atoms with van der Waals surface area (Å²) in [4.78, 5) is 3.38. The van der Waals surface area contributed by atoms with Crippen molar-refractivity contribution in [1.29, 1.82) is 10.5 Å². The summed E-state index contributed by atoms with van der Waals surface area (Å²) in [6.07, 6.45) is 0. The van der Waals surface area contributed by atoms with Crippen LogP contribution in [0.3, 0.4) is 0 Å². The normalized spacial score (nSPS) is 9.48. The van der Waals surface area contributed by atoms with Gasteiger partial charge in [0.2, 0.25) is 0 Å². The molecule has 0 atom stereocenters. The fraction of sp³-hybridized carbons (Fsp3) is 0. The van der Waals surface area contributed by atoms with Crippen LogP contribution in [-0.4, -0.2) is 0 Å². The van der Waals surface area contributed by atoms with Crippen molar-refractivity contribution in [2.24, 2.45) is 0 Å². The molecule has 0 fully saturated rings. The maximum absolute atomic E-state index is 9.06. The van der Waals surface area contributed by atoms with Crippen molar-refractivity contribution < 1.29 is 4.74 Å². The molecule has 0 saturated heterocycles. The predicted octanol–water partition coefficient (Wildman–Crippen LogP) is 5.44. The summed E-state index contributed by atoms with van der Waals surface area (Å²) in [7, 11) is 0. The highest BCUT2D eigenvalue weighted by molar-refractivity contribution is 5.67. The minimum absolute atomic E-state index is 0.288. The van der Waals surface area contributed by atoms with E-state index in [1.807, 2.05) is 48.5 Å². The number of hydrogen-bond donors (Lipinski definition) is 0. The fourth-order valence-electron chi connectivity index (χ4n) is 2.36. The monoisotopic (exact) mass is 321 g/mol. The summed E-state index contributed by atoms with van der Waals surface area (Å²) in [5.74, 6) is 1.14. The summed E-state index contributed by atoms with van der Waals surface area (Å²) in [5, 5.41) is 18.0. The molecular formula is C21H11N3O. The molecule has 0 spiro atoms. The van der Waals surface area contributed by atoms with Crippen molar-refractivity contribution in [3.05, 3.63) is 89.3 Å². The van der Waals surface area contributed by atoms with Gasteiger partial charge >= 0.3 is 0 Å². The standard InChI is InChI=1S/C21H11N3O/c1-24-19-7-2-15(3-8-19)16-4-9-20(10-5-16)25-21-11-6-17(13-22)18(12-21)14-23/h2-12H. The first kappa shape index (κ1) is 15.8.